The molecule has 0 amide bonds. The van der Waals surface area contributed by atoms with E-state index in [1.165, 1.54) is 0 Å². The van der Waals surface area contributed by atoms with E-state index in [4.69, 9.17) is 39.1 Å². The maximum absolute atomic E-state index is 8.40. The van der Waals surface area contributed by atoms with E-state index in [1.807, 2.05) is 6.07 Å². The van der Waals surface area contributed by atoms with E-state index < -0.39 is 25.8 Å². The molecule has 0 spiro atoms. The van der Waals surface area contributed by atoms with Gasteiger partial charge < -0.3 is 43.7 Å². The lowest BCUT2D eigenvalue weighted by atomic mass is 10.3. The molecule has 0 bridgehead atoms. The normalized spacial score (nSPS) is 9.50. The molecule has 1 aromatic carbocycles. The van der Waals surface area contributed by atoms with Crippen LogP contribution in [0, 0.1) is 0 Å². The van der Waals surface area contributed by atoms with Gasteiger partial charge in [-0.05, 0) is 12.1 Å². The van der Waals surface area contributed by atoms with Crippen LogP contribution in [0.15, 0.2) is 30.3 Å². The maximum Gasteiger partial charge on any atom is 0.391 e. The highest BCUT2D eigenvalue weighted by Crippen LogP contribution is 2.27. The molecule has 1 rings (SSSR count). The summed E-state index contributed by atoms with van der Waals surface area (Å²) < 4.78 is 4.59. The molecule has 0 atom stereocenters. The van der Waals surface area contributed by atoms with Crippen molar-refractivity contribution in [1.82, 2.24) is 0 Å². The zero-order valence-corrected chi connectivity index (χ0v) is 11.4. The maximum atomic E-state index is 8.40. The standard InChI is InChI=1S/C6H7O3P.2H3O3P/c7-10(8)9-6-4-2-1-3-5-6;2*1-4(2)3/h1-5,7-8H;2*1-3H. The Morgan fingerprint density at radius 2 is 1.00 bits per heavy atom. The third-order valence-corrected chi connectivity index (χ3v) is 1.30. The Morgan fingerprint density at radius 3 is 1.28 bits per heavy atom. The Morgan fingerprint density at radius 1 is 0.667 bits per heavy atom. The van der Waals surface area contributed by atoms with E-state index in [-0.39, 0.29) is 0 Å². The van der Waals surface area contributed by atoms with Crippen molar-refractivity contribution in [2.75, 3.05) is 0 Å². The van der Waals surface area contributed by atoms with Crippen LogP contribution in [-0.4, -0.2) is 39.1 Å². The summed E-state index contributed by atoms with van der Waals surface area (Å²) in [6.45, 7) is 0. The minimum Gasteiger partial charge on any atom is -0.427 e. The molecule has 9 nitrogen and oxygen atoms in total. The Kier molecular flexibility index (Phi) is 15.1. The Labute approximate surface area is 106 Å². The Balaban J connectivity index is 0. The second-order valence-electron chi connectivity index (χ2n) is 2.19. The van der Waals surface area contributed by atoms with Gasteiger partial charge in [0, 0.05) is 0 Å². The predicted molar refractivity (Wildman–Crippen MR) is 65.6 cm³/mol. The molecular formula is C6H13O9P3. The molecule has 0 radical (unpaired) electrons. The molecule has 0 aromatic heterocycles. The molecule has 0 saturated heterocycles. The van der Waals surface area contributed by atoms with Gasteiger partial charge in [-0.25, -0.2) is 0 Å². The fraction of sp³-hybridized carbons (Fsp3) is 0. The molecule has 106 valence electrons. The topological polar surface area (TPSA) is 171 Å². The molecule has 0 fully saturated rings. The first kappa shape index (κ1) is 20.3. The summed E-state index contributed by atoms with van der Waals surface area (Å²) in [5.41, 5.74) is 0. The second kappa shape index (κ2) is 13.4. The van der Waals surface area contributed by atoms with Gasteiger partial charge in [-0.3, -0.25) is 0 Å². The summed E-state index contributed by atoms with van der Waals surface area (Å²) in [4.78, 5) is 60.2. The van der Waals surface area contributed by atoms with Gasteiger partial charge in [-0.15, -0.1) is 0 Å². The van der Waals surface area contributed by atoms with Crippen molar-refractivity contribution in [3.05, 3.63) is 30.3 Å². The lowest BCUT2D eigenvalue weighted by Gasteiger charge is -2.02. The van der Waals surface area contributed by atoms with E-state index in [0.29, 0.717) is 5.75 Å². The molecule has 0 aliphatic rings. The summed E-state index contributed by atoms with van der Waals surface area (Å²) >= 11 is 0. The summed E-state index contributed by atoms with van der Waals surface area (Å²) in [7, 11) is -7.52. The smallest absolute Gasteiger partial charge is 0.391 e. The SMILES string of the molecule is OP(O)O.OP(O)O.OP(O)Oc1ccccc1. The zero-order chi connectivity index (χ0) is 14.6. The molecule has 8 N–H and O–H groups in total. The minimum absolute atomic E-state index is 0.471. The van der Waals surface area contributed by atoms with Crippen molar-refractivity contribution in [2.24, 2.45) is 0 Å². The van der Waals surface area contributed by atoms with Gasteiger partial charge in [-0.2, -0.15) is 0 Å². The van der Waals surface area contributed by atoms with Crippen molar-refractivity contribution in [3.8, 4) is 5.75 Å². The van der Waals surface area contributed by atoms with Crippen molar-refractivity contribution < 1.29 is 43.7 Å². The lowest BCUT2D eigenvalue weighted by molar-refractivity contribution is 0.366. The van der Waals surface area contributed by atoms with Crippen LogP contribution in [0.1, 0.15) is 0 Å². The van der Waals surface area contributed by atoms with Gasteiger partial charge in [0.05, 0.1) is 0 Å². The molecular weight excluding hydrogens is 309 g/mol. The van der Waals surface area contributed by atoms with Crippen LogP contribution >= 0.6 is 25.8 Å². The first-order chi connectivity index (χ1) is 8.25. The van der Waals surface area contributed by atoms with E-state index >= 15 is 0 Å². The lowest BCUT2D eigenvalue weighted by Crippen LogP contribution is -1.82. The molecule has 12 heteroatoms. The summed E-state index contributed by atoms with van der Waals surface area (Å²) in [6, 6.07) is 8.65. The van der Waals surface area contributed by atoms with Crippen LogP contribution in [0.5, 0.6) is 5.75 Å². The average Bonchev–Trinajstić information content (AvgIpc) is 2.16. The third kappa shape index (κ3) is 25.0. The number of hydrogen-bond acceptors (Lipinski definition) is 9. The fourth-order valence-corrected chi connectivity index (χ4v) is 0.886. The van der Waals surface area contributed by atoms with Gasteiger partial charge in [0.15, 0.2) is 0 Å². The first-order valence-corrected chi connectivity index (χ1v) is 7.46. The Bertz CT molecular complexity index is 259. The number of benzene rings is 1. The molecule has 0 heterocycles. The molecule has 0 aliphatic heterocycles. The highest BCUT2D eigenvalue weighted by molar-refractivity contribution is 7.39. The monoisotopic (exact) mass is 322 g/mol. The van der Waals surface area contributed by atoms with Gasteiger partial charge in [0.2, 0.25) is 0 Å². The van der Waals surface area contributed by atoms with Gasteiger partial charge in [0.1, 0.15) is 5.75 Å². The highest BCUT2D eigenvalue weighted by atomic mass is 31.2. The van der Waals surface area contributed by atoms with Gasteiger partial charge in [0.25, 0.3) is 0 Å². The van der Waals surface area contributed by atoms with E-state index in [1.54, 1.807) is 24.3 Å². The Hall–Kier alpha value is -0.0100. The van der Waals surface area contributed by atoms with Crippen molar-refractivity contribution in [1.29, 1.82) is 0 Å². The molecule has 1 aromatic rings. The van der Waals surface area contributed by atoms with Crippen molar-refractivity contribution >= 4 is 25.8 Å². The molecule has 18 heavy (non-hydrogen) atoms. The largest absolute Gasteiger partial charge is 0.427 e. The number of rotatable bonds is 2. The van der Waals surface area contributed by atoms with Gasteiger partial charge >= 0.3 is 25.8 Å². The summed E-state index contributed by atoms with van der Waals surface area (Å²) in [5, 5.41) is 0. The molecule has 0 saturated carbocycles. The minimum atomic E-state index is -2.62. The van der Waals surface area contributed by atoms with Crippen LogP contribution in [0.25, 0.3) is 0 Å². The zero-order valence-electron chi connectivity index (χ0n) is 8.71. The van der Waals surface area contributed by atoms with E-state index in [0.717, 1.165) is 0 Å². The van der Waals surface area contributed by atoms with Crippen LogP contribution < -0.4 is 4.52 Å². The summed E-state index contributed by atoms with van der Waals surface area (Å²) in [6.07, 6.45) is 0. The first-order valence-electron chi connectivity index (χ1n) is 3.90. The third-order valence-electron chi connectivity index (χ3n) is 0.930. The number of para-hydroxylation sites is 1. The second-order valence-corrected chi connectivity index (χ2v) is 3.96. The van der Waals surface area contributed by atoms with Crippen LogP contribution in [0.2, 0.25) is 0 Å². The van der Waals surface area contributed by atoms with E-state index in [9.17, 15) is 0 Å². The molecule has 0 aliphatic carbocycles. The summed E-state index contributed by atoms with van der Waals surface area (Å²) in [5.74, 6) is 0.471. The fourth-order valence-electron chi connectivity index (χ4n) is 0.576. The van der Waals surface area contributed by atoms with E-state index in [2.05, 4.69) is 4.52 Å². The van der Waals surface area contributed by atoms with Crippen LogP contribution in [-0.2, 0) is 0 Å². The van der Waals surface area contributed by atoms with Gasteiger partial charge in [-0.1, -0.05) is 18.2 Å². The molecule has 0 unspecified atom stereocenters. The highest BCUT2D eigenvalue weighted by Gasteiger charge is 1.99. The van der Waals surface area contributed by atoms with Crippen LogP contribution in [0.3, 0.4) is 0 Å². The predicted octanol–water partition coefficient (Wildman–Crippen LogP) is -0.343. The number of hydrogen-bond donors (Lipinski definition) is 8. The van der Waals surface area contributed by atoms with Crippen LogP contribution in [0.4, 0.5) is 0 Å². The average molecular weight is 322 g/mol. The quantitative estimate of drug-likeness (QED) is 0.339. The van der Waals surface area contributed by atoms with Crippen molar-refractivity contribution in [2.45, 2.75) is 0 Å². The van der Waals surface area contributed by atoms with Crippen molar-refractivity contribution in [3.63, 3.8) is 0 Å².